The van der Waals surface area contributed by atoms with Crippen LogP contribution in [0.3, 0.4) is 0 Å². The highest BCUT2D eigenvalue weighted by Gasteiger charge is 2.36. The Labute approximate surface area is 196 Å². The zero-order valence-electron chi connectivity index (χ0n) is 18.8. The number of nitrogens with zero attached hydrogens (tertiary/aromatic N) is 3. The van der Waals surface area contributed by atoms with Crippen molar-refractivity contribution in [2.24, 2.45) is 0 Å². The van der Waals surface area contributed by atoms with Crippen molar-refractivity contribution in [3.05, 3.63) is 35.7 Å². The van der Waals surface area contributed by atoms with Crippen LogP contribution in [-0.4, -0.2) is 54.3 Å². The molecule has 4 rings (SSSR count). The van der Waals surface area contributed by atoms with Gasteiger partial charge < -0.3 is 20.4 Å². The van der Waals surface area contributed by atoms with Gasteiger partial charge in [0.05, 0.1) is 29.6 Å². The number of piperidine rings is 1. The van der Waals surface area contributed by atoms with Crippen molar-refractivity contribution >= 4 is 28.6 Å². The van der Waals surface area contributed by atoms with Gasteiger partial charge in [0.15, 0.2) is 0 Å². The summed E-state index contributed by atoms with van der Waals surface area (Å²) in [6.45, 7) is 1.47. The van der Waals surface area contributed by atoms with Gasteiger partial charge in [-0.1, -0.05) is 6.07 Å². The molecule has 0 bridgehead atoms. The lowest BCUT2D eigenvalue weighted by molar-refractivity contribution is -0.137. The Hall–Kier alpha value is -3.48. The minimum absolute atomic E-state index is 0.00665. The molecule has 3 heterocycles. The number of carbonyl (C=O) groups excluding carboxylic acids is 1. The van der Waals surface area contributed by atoms with Crippen LogP contribution >= 0.6 is 0 Å². The predicted octanol–water partition coefficient (Wildman–Crippen LogP) is 4.95. The number of methoxy groups -OCH3 is 1. The number of hydrogen-bond donors (Lipinski definition) is 3. The maximum absolute atomic E-state index is 14.1. The fraction of sp³-hybridized carbons (Fsp3) is 0.409. The first kappa shape index (κ1) is 24.6. The average molecular weight is 498 g/mol. The van der Waals surface area contributed by atoms with Crippen LogP contribution in [0, 0.1) is 0 Å². The van der Waals surface area contributed by atoms with Crippen LogP contribution in [0.4, 0.5) is 38.4 Å². The molecule has 188 valence electrons. The van der Waals surface area contributed by atoms with Crippen LogP contribution in [0.1, 0.15) is 30.4 Å². The zero-order valence-corrected chi connectivity index (χ0v) is 18.8. The molecule has 35 heavy (non-hydrogen) atoms. The number of rotatable bonds is 5. The predicted molar refractivity (Wildman–Crippen MR) is 120 cm³/mol. The van der Waals surface area contributed by atoms with E-state index in [1.54, 1.807) is 0 Å². The molecule has 1 aliphatic rings. The number of alkyl halides is 5. The number of nitrogens with one attached hydrogen (secondary N) is 3. The summed E-state index contributed by atoms with van der Waals surface area (Å²) in [5, 5.41) is 6.33. The highest BCUT2D eigenvalue weighted by atomic mass is 19.4. The maximum Gasteiger partial charge on any atom is 0.419 e. The van der Waals surface area contributed by atoms with Crippen molar-refractivity contribution in [3.63, 3.8) is 0 Å². The second-order valence-electron chi connectivity index (χ2n) is 8.09. The molecule has 0 aliphatic carbocycles. The van der Waals surface area contributed by atoms with Crippen LogP contribution in [0.25, 0.3) is 22.2 Å². The van der Waals surface area contributed by atoms with Crippen molar-refractivity contribution in [1.82, 2.24) is 20.3 Å². The Kier molecular flexibility index (Phi) is 6.79. The molecule has 3 N–H and O–H groups in total. The number of carbonyl (C=O) groups is 1. The van der Waals surface area contributed by atoms with Crippen LogP contribution in [0.2, 0.25) is 0 Å². The van der Waals surface area contributed by atoms with E-state index in [0.717, 1.165) is 31.4 Å². The molecule has 8 nitrogen and oxygen atoms in total. The highest BCUT2D eigenvalue weighted by Crippen LogP contribution is 2.42. The van der Waals surface area contributed by atoms with Crippen LogP contribution < -0.4 is 15.5 Å². The first-order valence-electron chi connectivity index (χ1n) is 10.8. The van der Waals surface area contributed by atoms with Gasteiger partial charge in [-0.25, -0.2) is 23.5 Å². The Balaban J connectivity index is 1.85. The summed E-state index contributed by atoms with van der Waals surface area (Å²) in [5.41, 5.74) is -2.36. The molecule has 1 aromatic carbocycles. The number of aromatic nitrogens is 3. The van der Waals surface area contributed by atoms with Gasteiger partial charge in [-0.05, 0) is 25.5 Å². The number of benzene rings is 1. The van der Waals surface area contributed by atoms with E-state index in [4.69, 9.17) is 0 Å². The number of amides is 1. The third kappa shape index (κ3) is 4.85. The number of H-pyrrole nitrogens is 1. The number of hydrogen-bond acceptors (Lipinski definition) is 6. The molecule has 1 atom stereocenters. The molecule has 0 radical (unpaired) electrons. The Morgan fingerprint density at radius 3 is 2.71 bits per heavy atom. The van der Waals surface area contributed by atoms with E-state index >= 15 is 0 Å². The first-order chi connectivity index (χ1) is 16.6. The maximum atomic E-state index is 14.1. The number of aromatic amines is 1. The lowest BCUT2D eigenvalue weighted by atomic mass is 10.0. The minimum Gasteiger partial charge on any atom is -0.452 e. The second-order valence-corrected chi connectivity index (χ2v) is 8.09. The van der Waals surface area contributed by atoms with E-state index in [1.165, 1.54) is 25.4 Å². The number of fused-ring (bicyclic) bond motifs is 1. The molecule has 2 aromatic heterocycles. The summed E-state index contributed by atoms with van der Waals surface area (Å²) in [7, 11) is 2.36. The smallest absolute Gasteiger partial charge is 0.419 e. The quantitative estimate of drug-likeness (QED) is 0.431. The second kappa shape index (κ2) is 9.64. The van der Waals surface area contributed by atoms with E-state index in [2.05, 4.69) is 30.3 Å². The molecule has 0 unspecified atom stereocenters. The monoisotopic (exact) mass is 498 g/mol. The lowest BCUT2D eigenvalue weighted by Crippen LogP contribution is -2.38. The van der Waals surface area contributed by atoms with Crippen LogP contribution in [-0.2, 0) is 10.9 Å². The first-order valence-corrected chi connectivity index (χ1v) is 10.8. The minimum atomic E-state index is -4.78. The fourth-order valence-electron chi connectivity index (χ4n) is 4.18. The van der Waals surface area contributed by atoms with Gasteiger partial charge >= 0.3 is 12.3 Å². The Bertz CT molecular complexity index is 1220. The van der Waals surface area contributed by atoms with Gasteiger partial charge in [-0.3, -0.25) is 4.90 Å². The van der Waals surface area contributed by atoms with E-state index in [-0.39, 0.29) is 34.1 Å². The van der Waals surface area contributed by atoms with Crippen LogP contribution in [0.15, 0.2) is 24.5 Å². The number of ether oxygens (including phenoxy) is 1. The molecule has 1 fully saturated rings. The van der Waals surface area contributed by atoms with Gasteiger partial charge in [0, 0.05) is 43.0 Å². The molecule has 1 aliphatic heterocycles. The SMILES string of the molecule is COC(=O)N(C)c1ccc2c(-c3nc(N[C@H]4CCCNC4)ncc3C(F)(F)F)c[nH]c2c1C(F)F. The fourth-order valence-corrected chi connectivity index (χ4v) is 4.18. The standard InChI is InChI=1S/C22H23F5N6O2/c1-33(21(34)35-2)15-6-5-12-13(9-29-18(12)16(15)19(23)24)17-14(22(25,26)27)10-30-20(32-17)31-11-4-3-7-28-8-11/h5-6,9-11,19,28-29H,3-4,7-8H2,1-2H3,(H,30,31,32)/t11-/m0/s1. The molecule has 0 spiro atoms. The number of halogens is 5. The average Bonchev–Trinajstić information content (AvgIpc) is 3.26. The van der Waals surface area contributed by atoms with Crippen molar-refractivity contribution in [1.29, 1.82) is 0 Å². The number of anilines is 2. The largest absolute Gasteiger partial charge is 0.452 e. The summed E-state index contributed by atoms with van der Waals surface area (Å²) in [5.74, 6) is 0.00665. The molecular weight excluding hydrogens is 475 g/mol. The Morgan fingerprint density at radius 1 is 1.31 bits per heavy atom. The van der Waals surface area contributed by atoms with Crippen molar-refractivity contribution in [3.8, 4) is 11.3 Å². The van der Waals surface area contributed by atoms with E-state index in [0.29, 0.717) is 12.7 Å². The zero-order chi connectivity index (χ0) is 25.3. The van der Waals surface area contributed by atoms with Crippen molar-refractivity contribution in [2.45, 2.75) is 31.5 Å². The summed E-state index contributed by atoms with van der Waals surface area (Å²) in [6, 6.07) is 2.54. The lowest BCUT2D eigenvalue weighted by Gasteiger charge is -2.24. The third-order valence-corrected chi connectivity index (χ3v) is 5.88. The third-order valence-electron chi connectivity index (χ3n) is 5.88. The Morgan fingerprint density at radius 2 is 2.09 bits per heavy atom. The van der Waals surface area contributed by atoms with Crippen molar-refractivity contribution in [2.75, 3.05) is 37.5 Å². The summed E-state index contributed by atoms with van der Waals surface area (Å²) >= 11 is 0. The molecule has 3 aromatic rings. The summed E-state index contributed by atoms with van der Waals surface area (Å²) < 4.78 is 74.2. The van der Waals surface area contributed by atoms with Gasteiger partial charge in [-0.15, -0.1) is 0 Å². The van der Waals surface area contributed by atoms with E-state index in [1.807, 2.05) is 0 Å². The van der Waals surface area contributed by atoms with Crippen LogP contribution in [0.5, 0.6) is 0 Å². The normalized spacial score (nSPS) is 16.5. The van der Waals surface area contributed by atoms with Gasteiger partial charge in [0.2, 0.25) is 5.95 Å². The van der Waals surface area contributed by atoms with Gasteiger partial charge in [0.25, 0.3) is 6.43 Å². The van der Waals surface area contributed by atoms with E-state index < -0.39 is 35.5 Å². The van der Waals surface area contributed by atoms with Gasteiger partial charge in [-0.2, -0.15) is 13.2 Å². The summed E-state index contributed by atoms with van der Waals surface area (Å²) in [6.07, 6.45) is -5.10. The molecular formula is C22H23F5N6O2. The molecule has 1 amide bonds. The molecule has 13 heteroatoms. The van der Waals surface area contributed by atoms with Crippen molar-refractivity contribution < 1.29 is 31.5 Å². The highest BCUT2D eigenvalue weighted by molar-refractivity contribution is 6.01. The van der Waals surface area contributed by atoms with Gasteiger partial charge in [0.1, 0.15) is 5.56 Å². The summed E-state index contributed by atoms with van der Waals surface area (Å²) in [4.78, 5) is 23.4. The van der Waals surface area contributed by atoms with E-state index in [9.17, 15) is 26.7 Å². The molecule has 0 saturated carbocycles. The molecule has 1 saturated heterocycles. The topological polar surface area (TPSA) is 95.2 Å².